The van der Waals surface area contributed by atoms with Crippen LogP contribution in [0, 0.1) is 27.7 Å². The fourth-order valence-corrected chi connectivity index (χ4v) is 6.67. The van der Waals surface area contributed by atoms with E-state index in [1.54, 1.807) is 0 Å². The smallest absolute Gasteiger partial charge is 0.256 e. The Balaban J connectivity index is 0.000000294. The maximum absolute atomic E-state index is 12.8. The molecule has 0 saturated heterocycles. The van der Waals surface area contributed by atoms with Crippen molar-refractivity contribution in [3.05, 3.63) is 68.8 Å². The number of hydrogen-bond acceptors (Lipinski definition) is 4. The first-order valence-corrected chi connectivity index (χ1v) is 15.1. The molecular formula is C33H50Cl2F2N6O2. The minimum atomic E-state index is 0. The van der Waals surface area contributed by atoms with Gasteiger partial charge < -0.3 is 30.4 Å². The maximum atomic E-state index is 12.8. The number of rotatable bonds is 8. The van der Waals surface area contributed by atoms with E-state index in [0.29, 0.717) is 49.0 Å². The molecule has 2 fully saturated rings. The molecule has 2 amide bonds. The Morgan fingerprint density at radius 2 is 1.02 bits per heavy atom. The Morgan fingerprint density at radius 1 is 0.689 bits per heavy atom. The van der Waals surface area contributed by atoms with Gasteiger partial charge in [0.2, 0.25) is 0 Å². The van der Waals surface area contributed by atoms with Gasteiger partial charge in [-0.1, -0.05) is 7.43 Å². The first kappa shape index (κ1) is 38.5. The number of aromatic nitrogens is 2. The Kier molecular flexibility index (Phi) is 13.5. The van der Waals surface area contributed by atoms with Gasteiger partial charge in [-0.05, 0) is 88.5 Å². The van der Waals surface area contributed by atoms with Gasteiger partial charge in [0, 0.05) is 74.1 Å². The van der Waals surface area contributed by atoms with Gasteiger partial charge in [0.1, 0.15) is 0 Å². The average Bonchev–Trinajstić information content (AvgIpc) is 3.92. The summed E-state index contributed by atoms with van der Waals surface area (Å²) in [6.45, 7) is 10.8. The summed E-state index contributed by atoms with van der Waals surface area (Å²) < 4.78 is 29.7. The monoisotopic (exact) mass is 670 g/mol. The van der Waals surface area contributed by atoms with Crippen LogP contribution in [0.25, 0.3) is 0 Å². The molecule has 0 aromatic carbocycles. The summed E-state index contributed by atoms with van der Waals surface area (Å²) >= 11 is 0. The first-order valence-electron chi connectivity index (χ1n) is 15.1. The molecule has 2 aliphatic heterocycles. The van der Waals surface area contributed by atoms with Crippen molar-refractivity contribution in [2.24, 2.45) is 11.5 Å². The molecule has 4 heterocycles. The predicted octanol–water partition coefficient (Wildman–Crippen LogP) is 5.64. The van der Waals surface area contributed by atoms with Crippen LogP contribution in [-0.2, 0) is 25.9 Å². The third-order valence-electron chi connectivity index (χ3n) is 9.51. The molecule has 12 heteroatoms. The molecule has 2 aromatic rings. The highest BCUT2D eigenvalue weighted by molar-refractivity contribution is 5.99. The molecule has 0 bridgehead atoms. The second-order valence-corrected chi connectivity index (χ2v) is 12.1. The topological polar surface area (TPSA) is 103 Å². The third kappa shape index (κ3) is 7.34. The van der Waals surface area contributed by atoms with Gasteiger partial charge in [-0.15, -0.1) is 24.8 Å². The lowest BCUT2D eigenvalue weighted by atomic mass is 10.00. The number of nitrogens with two attached hydrogens (primary N) is 2. The Bertz CT molecular complexity index is 1350. The molecule has 45 heavy (non-hydrogen) atoms. The van der Waals surface area contributed by atoms with E-state index in [4.69, 9.17) is 11.5 Å². The molecule has 2 aromatic heterocycles. The van der Waals surface area contributed by atoms with E-state index in [1.165, 1.54) is 0 Å². The fraction of sp³-hybridized carbons (Fsp3) is 0.576. The van der Waals surface area contributed by atoms with Crippen molar-refractivity contribution in [1.82, 2.24) is 18.9 Å². The highest BCUT2D eigenvalue weighted by atomic mass is 35.5. The number of amides is 2. The van der Waals surface area contributed by atoms with Crippen LogP contribution >= 0.6 is 24.8 Å². The highest BCUT2D eigenvalue weighted by Gasteiger charge is 2.40. The zero-order valence-electron chi connectivity index (χ0n) is 26.1. The van der Waals surface area contributed by atoms with E-state index < -0.39 is 0 Å². The Morgan fingerprint density at radius 3 is 1.29 bits per heavy atom. The molecule has 4 N–H and O–H groups in total. The lowest BCUT2D eigenvalue weighted by Crippen LogP contribution is -2.39. The first-order chi connectivity index (χ1) is 20.2. The fourth-order valence-electron chi connectivity index (χ4n) is 6.67. The average molecular weight is 672 g/mol. The van der Waals surface area contributed by atoms with Crippen molar-refractivity contribution in [2.75, 3.05) is 26.2 Å². The molecule has 2 saturated carbocycles. The van der Waals surface area contributed by atoms with Gasteiger partial charge >= 0.3 is 0 Å². The van der Waals surface area contributed by atoms with Gasteiger partial charge in [-0.25, -0.2) is 8.78 Å². The second kappa shape index (κ2) is 15.8. The summed E-state index contributed by atoms with van der Waals surface area (Å²) in [5.74, 6) is 0.299. The zero-order chi connectivity index (χ0) is 30.3. The van der Waals surface area contributed by atoms with Crippen LogP contribution in [-0.4, -0.2) is 69.0 Å². The van der Waals surface area contributed by atoms with Crippen molar-refractivity contribution in [1.29, 1.82) is 0 Å². The molecule has 6 rings (SSSR count). The Labute approximate surface area is 278 Å². The molecular weight excluding hydrogens is 621 g/mol. The molecule has 4 aliphatic rings. The van der Waals surface area contributed by atoms with Crippen LogP contribution in [0.5, 0.6) is 0 Å². The minimum absolute atomic E-state index is 0. The normalized spacial score (nSPS) is 17.9. The van der Waals surface area contributed by atoms with Crippen LogP contribution < -0.4 is 11.5 Å². The van der Waals surface area contributed by atoms with Crippen LogP contribution in [0.1, 0.15) is 87.7 Å². The zero-order valence-corrected chi connectivity index (χ0v) is 27.8. The molecule has 8 nitrogen and oxygen atoms in total. The van der Waals surface area contributed by atoms with Crippen molar-refractivity contribution in [3.8, 4) is 0 Å². The quantitative estimate of drug-likeness (QED) is 0.380. The minimum Gasteiger partial charge on any atom is -0.344 e. The summed E-state index contributed by atoms with van der Waals surface area (Å²) in [6.07, 6.45) is 7.46. The van der Waals surface area contributed by atoms with E-state index in [9.17, 15) is 18.4 Å². The number of carbonyl (C=O) groups is 2. The van der Waals surface area contributed by atoms with E-state index in [-0.39, 0.29) is 57.1 Å². The van der Waals surface area contributed by atoms with Crippen LogP contribution in [0.3, 0.4) is 0 Å². The number of hydrogen-bond donors (Lipinski definition) is 2. The van der Waals surface area contributed by atoms with Gasteiger partial charge in [0.15, 0.2) is 0 Å². The number of nitrogens with zero attached hydrogens (tertiary/aromatic N) is 4. The predicted molar refractivity (Wildman–Crippen MR) is 181 cm³/mol. The standard InChI is InChI=1S/2C16H22FN3O.CH4.2ClH/c2*1-10-14-5-6-19(13-3-4-13)16(21)15(14)11(2)20(10)9-12(7-17)8-18;;;/h2*7,13H,3-6,8-9,18H2,1-2H3;1H4;2*1H/b2*12-7+;;;. The summed E-state index contributed by atoms with van der Waals surface area (Å²) in [7, 11) is 0. The summed E-state index contributed by atoms with van der Waals surface area (Å²) in [5.41, 5.74) is 20.1. The van der Waals surface area contributed by atoms with Crippen LogP contribution in [0.2, 0.25) is 0 Å². The maximum Gasteiger partial charge on any atom is 0.256 e. The molecule has 0 unspecified atom stereocenters. The summed E-state index contributed by atoms with van der Waals surface area (Å²) in [5, 5.41) is 0. The number of fused-ring (bicyclic) bond motifs is 2. The number of carbonyl (C=O) groups excluding carboxylic acids is 2. The van der Waals surface area contributed by atoms with Crippen molar-refractivity contribution in [3.63, 3.8) is 0 Å². The van der Waals surface area contributed by atoms with E-state index >= 15 is 0 Å². The molecule has 252 valence electrons. The van der Waals surface area contributed by atoms with Gasteiger partial charge in [-0.2, -0.15) is 0 Å². The van der Waals surface area contributed by atoms with E-state index in [0.717, 1.165) is 96.6 Å². The van der Waals surface area contributed by atoms with Crippen LogP contribution in [0.4, 0.5) is 8.78 Å². The molecule has 0 radical (unpaired) electrons. The summed E-state index contributed by atoms with van der Waals surface area (Å²) in [6, 6.07) is 0.887. The SMILES string of the molecule is C.Cc1c2c(c(C)n1C/C(=C/F)CN)C(=O)N(C1CC1)CC2.Cc1c2c(c(C)n1C/C(=C/F)CN)C(=O)N(C1CC1)CC2.Cl.Cl. The Hall–Kier alpha value is -2.66. The van der Waals surface area contributed by atoms with Crippen molar-refractivity contribution < 1.29 is 18.4 Å². The van der Waals surface area contributed by atoms with Gasteiger partial charge in [0.25, 0.3) is 11.8 Å². The van der Waals surface area contributed by atoms with Crippen molar-refractivity contribution in [2.45, 2.75) is 98.8 Å². The van der Waals surface area contributed by atoms with Crippen molar-refractivity contribution >= 4 is 36.6 Å². The third-order valence-corrected chi connectivity index (χ3v) is 9.51. The largest absolute Gasteiger partial charge is 0.344 e. The lowest BCUT2D eigenvalue weighted by Gasteiger charge is -2.27. The van der Waals surface area contributed by atoms with Gasteiger partial charge in [-0.3, -0.25) is 9.59 Å². The van der Waals surface area contributed by atoms with E-state index in [2.05, 4.69) is 0 Å². The number of halogens is 4. The van der Waals surface area contributed by atoms with Gasteiger partial charge in [0.05, 0.1) is 23.8 Å². The molecule has 0 spiro atoms. The summed E-state index contributed by atoms with van der Waals surface area (Å²) in [4.78, 5) is 29.4. The van der Waals surface area contributed by atoms with Crippen LogP contribution in [0.15, 0.2) is 23.8 Å². The lowest BCUT2D eigenvalue weighted by molar-refractivity contribution is 0.0718. The molecule has 2 aliphatic carbocycles. The highest BCUT2D eigenvalue weighted by Crippen LogP contribution is 2.36. The second-order valence-electron chi connectivity index (χ2n) is 12.1. The molecule has 0 atom stereocenters. The van der Waals surface area contributed by atoms with E-state index in [1.807, 2.05) is 46.6 Å².